The van der Waals surface area contributed by atoms with Crippen molar-refractivity contribution in [3.8, 4) is 0 Å². The van der Waals surface area contributed by atoms with Crippen molar-refractivity contribution in [3.05, 3.63) is 29.8 Å². The predicted octanol–water partition coefficient (Wildman–Crippen LogP) is 2.57. The van der Waals surface area contributed by atoms with E-state index >= 15 is 0 Å². The van der Waals surface area contributed by atoms with E-state index in [1.165, 1.54) is 11.3 Å². The van der Waals surface area contributed by atoms with Gasteiger partial charge >= 0.3 is 0 Å². The molecule has 108 valence electrons. The molecule has 1 N–H and O–H groups in total. The van der Waals surface area contributed by atoms with E-state index in [0.29, 0.717) is 0 Å². The lowest BCUT2D eigenvalue weighted by Gasteiger charge is -2.21. The number of likely N-dealkylation sites (N-methyl/N-ethyl adjacent to an activating group) is 1. The zero-order valence-electron chi connectivity index (χ0n) is 12.9. The van der Waals surface area contributed by atoms with Crippen LogP contribution in [0, 0.1) is 0 Å². The van der Waals surface area contributed by atoms with E-state index in [4.69, 9.17) is 0 Å². The quantitative estimate of drug-likeness (QED) is 0.691. The van der Waals surface area contributed by atoms with Crippen molar-refractivity contribution >= 4 is 5.69 Å². The molecule has 1 rings (SSSR count). The number of hydrogen-bond acceptors (Lipinski definition) is 3. The standard InChI is InChI=1S/C16H29N3/c1-5-18(4)13-12-17-14-15-8-10-16(11-9-15)19(6-2)7-3/h8-11,17H,5-7,12-14H2,1-4H3. The minimum Gasteiger partial charge on any atom is -0.372 e. The Morgan fingerprint density at radius 1 is 0.947 bits per heavy atom. The second-order valence-corrected chi connectivity index (χ2v) is 4.91. The highest BCUT2D eigenvalue weighted by Gasteiger charge is 2.01. The normalized spacial score (nSPS) is 11.0. The highest BCUT2D eigenvalue weighted by Crippen LogP contribution is 2.14. The fourth-order valence-electron chi connectivity index (χ4n) is 2.07. The lowest BCUT2D eigenvalue weighted by Crippen LogP contribution is -2.28. The number of rotatable bonds is 9. The second-order valence-electron chi connectivity index (χ2n) is 4.91. The molecule has 1 aromatic rings. The highest BCUT2D eigenvalue weighted by molar-refractivity contribution is 5.47. The summed E-state index contributed by atoms with van der Waals surface area (Å²) in [5.74, 6) is 0. The van der Waals surface area contributed by atoms with Gasteiger partial charge in [0.15, 0.2) is 0 Å². The van der Waals surface area contributed by atoms with Crippen molar-refractivity contribution in [2.75, 3.05) is 44.7 Å². The summed E-state index contributed by atoms with van der Waals surface area (Å²) in [5.41, 5.74) is 2.68. The van der Waals surface area contributed by atoms with Gasteiger partial charge in [0, 0.05) is 38.4 Å². The van der Waals surface area contributed by atoms with Gasteiger partial charge in [-0.05, 0) is 45.1 Å². The molecule has 0 saturated heterocycles. The maximum atomic E-state index is 3.49. The van der Waals surface area contributed by atoms with E-state index in [1.54, 1.807) is 0 Å². The average molecular weight is 263 g/mol. The van der Waals surface area contributed by atoms with Crippen molar-refractivity contribution < 1.29 is 0 Å². The molecule has 0 spiro atoms. The zero-order chi connectivity index (χ0) is 14.1. The first-order valence-electron chi connectivity index (χ1n) is 7.44. The van der Waals surface area contributed by atoms with Crippen LogP contribution in [0.4, 0.5) is 5.69 Å². The Balaban J connectivity index is 2.36. The first-order chi connectivity index (χ1) is 9.21. The smallest absolute Gasteiger partial charge is 0.0366 e. The summed E-state index contributed by atoms with van der Waals surface area (Å²) < 4.78 is 0. The monoisotopic (exact) mass is 263 g/mol. The van der Waals surface area contributed by atoms with Crippen LogP contribution in [0.25, 0.3) is 0 Å². The summed E-state index contributed by atoms with van der Waals surface area (Å²) in [6.07, 6.45) is 0. The van der Waals surface area contributed by atoms with Gasteiger partial charge in [-0.2, -0.15) is 0 Å². The second kappa shape index (κ2) is 8.94. The Hall–Kier alpha value is -1.06. The molecular formula is C16H29N3. The van der Waals surface area contributed by atoms with Gasteiger partial charge in [0.05, 0.1) is 0 Å². The first-order valence-corrected chi connectivity index (χ1v) is 7.44. The number of nitrogens with zero attached hydrogens (tertiary/aromatic N) is 2. The minimum absolute atomic E-state index is 0.954. The molecule has 0 bridgehead atoms. The molecule has 0 fully saturated rings. The molecule has 0 aromatic heterocycles. The van der Waals surface area contributed by atoms with E-state index < -0.39 is 0 Å². The third kappa shape index (κ3) is 5.62. The lowest BCUT2D eigenvalue weighted by molar-refractivity contribution is 0.349. The van der Waals surface area contributed by atoms with E-state index in [9.17, 15) is 0 Å². The lowest BCUT2D eigenvalue weighted by atomic mass is 10.2. The molecule has 0 aliphatic carbocycles. The number of hydrogen-bond donors (Lipinski definition) is 1. The van der Waals surface area contributed by atoms with Crippen LogP contribution in [0.5, 0.6) is 0 Å². The molecule has 0 unspecified atom stereocenters. The van der Waals surface area contributed by atoms with Gasteiger partial charge in [-0.3, -0.25) is 0 Å². The summed E-state index contributed by atoms with van der Waals surface area (Å²) in [5, 5.41) is 3.49. The maximum absolute atomic E-state index is 3.49. The summed E-state index contributed by atoms with van der Waals surface area (Å²) in [6.45, 7) is 12.9. The molecular weight excluding hydrogens is 234 g/mol. The Kier molecular flexibility index (Phi) is 7.53. The Morgan fingerprint density at radius 2 is 1.58 bits per heavy atom. The molecule has 19 heavy (non-hydrogen) atoms. The van der Waals surface area contributed by atoms with Gasteiger partial charge in [-0.1, -0.05) is 19.1 Å². The number of nitrogens with one attached hydrogen (secondary N) is 1. The molecule has 0 saturated carbocycles. The first kappa shape index (κ1) is 16.0. The van der Waals surface area contributed by atoms with Crippen LogP contribution in [0.2, 0.25) is 0 Å². The van der Waals surface area contributed by atoms with Crippen LogP contribution in [-0.2, 0) is 6.54 Å². The third-order valence-electron chi connectivity index (χ3n) is 3.60. The average Bonchev–Trinajstić information content (AvgIpc) is 2.46. The minimum atomic E-state index is 0.954. The van der Waals surface area contributed by atoms with Gasteiger partial charge in [0.1, 0.15) is 0 Å². The molecule has 0 aliphatic heterocycles. The molecule has 0 heterocycles. The largest absolute Gasteiger partial charge is 0.372 e. The molecule has 3 nitrogen and oxygen atoms in total. The summed E-state index contributed by atoms with van der Waals surface area (Å²) in [6, 6.07) is 8.90. The maximum Gasteiger partial charge on any atom is 0.0366 e. The molecule has 0 amide bonds. The Labute approximate surface area is 118 Å². The van der Waals surface area contributed by atoms with Crippen LogP contribution < -0.4 is 10.2 Å². The van der Waals surface area contributed by atoms with Crippen LogP contribution in [-0.4, -0.2) is 44.7 Å². The van der Waals surface area contributed by atoms with E-state index in [1.807, 2.05) is 0 Å². The molecule has 1 aromatic carbocycles. The number of anilines is 1. The molecule has 0 atom stereocenters. The van der Waals surface area contributed by atoms with E-state index in [-0.39, 0.29) is 0 Å². The van der Waals surface area contributed by atoms with Crippen LogP contribution in [0.1, 0.15) is 26.3 Å². The fraction of sp³-hybridized carbons (Fsp3) is 0.625. The van der Waals surface area contributed by atoms with E-state index in [0.717, 1.165) is 39.3 Å². The van der Waals surface area contributed by atoms with Gasteiger partial charge in [-0.25, -0.2) is 0 Å². The van der Waals surface area contributed by atoms with E-state index in [2.05, 4.69) is 67.2 Å². The highest BCUT2D eigenvalue weighted by atomic mass is 15.1. The topological polar surface area (TPSA) is 18.5 Å². The van der Waals surface area contributed by atoms with Crippen molar-refractivity contribution in [3.63, 3.8) is 0 Å². The van der Waals surface area contributed by atoms with Crippen molar-refractivity contribution in [1.29, 1.82) is 0 Å². The van der Waals surface area contributed by atoms with Crippen LogP contribution in [0.15, 0.2) is 24.3 Å². The van der Waals surface area contributed by atoms with Crippen molar-refractivity contribution in [2.24, 2.45) is 0 Å². The van der Waals surface area contributed by atoms with Gasteiger partial charge in [-0.15, -0.1) is 0 Å². The van der Waals surface area contributed by atoms with Gasteiger partial charge < -0.3 is 15.1 Å². The van der Waals surface area contributed by atoms with Gasteiger partial charge in [0.25, 0.3) is 0 Å². The van der Waals surface area contributed by atoms with Gasteiger partial charge in [0.2, 0.25) is 0 Å². The molecule has 0 radical (unpaired) electrons. The SMILES string of the molecule is CCN(C)CCNCc1ccc(N(CC)CC)cc1. The predicted molar refractivity (Wildman–Crippen MR) is 84.9 cm³/mol. The fourth-order valence-corrected chi connectivity index (χ4v) is 2.07. The summed E-state index contributed by atoms with van der Waals surface area (Å²) in [4.78, 5) is 4.68. The molecule has 0 aliphatic rings. The molecule has 3 heteroatoms. The third-order valence-corrected chi connectivity index (χ3v) is 3.60. The zero-order valence-corrected chi connectivity index (χ0v) is 12.9. The Bertz CT molecular complexity index is 330. The van der Waals surface area contributed by atoms with Crippen LogP contribution >= 0.6 is 0 Å². The van der Waals surface area contributed by atoms with Crippen LogP contribution in [0.3, 0.4) is 0 Å². The Morgan fingerprint density at radius 3 is 2.11 bits per heavy atom. The summed E-state index contributed by atoms with van der Waals surface area (Å²) >= 11 is 0. The van der Waals surface area contributed by atoms with Crippen molar-refractivity contribution in [1.82, 2.24) is 10.2 Å². The number of benzene rings is 1. The van der Waals surface area contributed by atoms with Crippen molar-refractivity contribution in [2.45, 2.75) is 27.3 Å². The summed E-state index contributed by atoms with van der Waals surface area (Å²) in [7, 11) is 2.15.